The molecule has 6 atom stereocenters. The lowest BCUT2D eigenvalue weighted by molar-refractivity contribution is 0.0596. The lowest BCUT2D eigenvalue weighted by Crippen LogP contribution is -2.49. The first-order valence-corrected chi connectivity index (χ1v) is 23.9. The molecule has 5 heteroatoms. The molecule has 3 nitrogen and oxygen atoms in total. The smallest absolute Gasteiger partial charge is 0.192 e. The van der Waals surface area contributed by atoms with E-state index >= 15 is 0 Å². The van der Waals surface area contributed by atoms with Crippen molar-refractivity contribution in [1.29, 1.82) is 0 Å². The fourth-order valence-electron chi connectivity index (χ4n) is 8.04. The molecule has 0 unspecified atom stereocenters. The van der Waals surface area contributed by atoms with Gasteiger partial charge in [-0.05, 0) is 129 Å². The molecule has 254 valence electrons. The Morgan fingerprint density at radius 1 is 0.955 bits per heavy atom. The van der Waals surface area contributed by atoms with Crippen molar-refractivity contribution >= 4 is 16.6 Å². The number of aliphatic hydroxyl groups is 1. The first-order chi connectivity index (χ1) is 19.9. The van der Waals surface area contributed by atoms with Gasteiger partial charge in [-0.25, -0.2) is 0 Å². The molecule has 0 bridgehead atoms. The molecule has 0 spiro atoms. The Morgan fingerprint density at radius 2 is 1.55 bits per heavy atom. The Bertz CT molecular complexity index is 1060. The molecule has 0 radical (unpaired) electrons. The van der Waals surface area contributed by atoms with Crippen LogP contribution in [0, 0.1) is 23.2 Å². The summed E-state index contributed by atoms with van der Waals surface area (Å²) < 4.78 is 14.2. The highest BCUT2D eigenvalue weighted by Crippen LogP contribution is 2.60. The van der Waals surface area contributed by atoms with Crippen LogP contribution in [0.4, 0.5) is 0 Å². The minimum atomic E-state index is -1.97. The zero-order valence-corrected chi connectivity index (χ0v) is 33.6. The monoisotopic (exact) mass is 645 g/mol. The summed E-state index contributed by atoms with van der Waals surface area (Å²) in [5.74, 6) is 2.18. The third kappa shape index (κ3) is 8.91. The number of hydrogen-bond donors (Lipinski definition) is 1. The molecule has 0 aliphatic heterocycles. The lowest BCUT2D eigenvalue weighted by Gasteiger charge is -2.46. The molecule has 0 aromatic heterocycles. The third-order valence-corrected chi connectivity index (χ3v) is 21.9. The molecule has 0 saturated heterocycles. The minimum Gasteiger partial charge on any atom is -0.413 e. The molecule has 44 heavy (non-hydrogen) atoms. The van der Waals surface area contributed by atoms with E-state index in [4.69, 9.17) is 8.85 Å². The van der Waals surface area contributed by atoms with E-state index in [-0.39, 0.29) is 22.3 Å². The largest absolute Gasteiger partial charge is 0.413 e. The van der Waals surface area contributed by atoms with Gasteiger partial charge in [0, 0.05) is 6.42 Å². The van der Waals surface area contributed by atoms with Crippen LogP contribution >= 0.6 is 0 Å². The summed E-state index contributed by atoms with van der Waals surface area (Å²) in [5.41, 5.74) is 4.04. The topological polar surface area (TPSA) is 38.7 Å². The van der Waals surface area contributed by atoms with Crippen molar-refractivity contribution in [1.82, 2.24) is 0 Å². The lowest BCUT2D eigenvalue weighted by atomic mass is 9.60. The van der Waals surface area contributed by atoms with E-state index in [0.29, 0.717) is 17.3 Å². The Hall–Kier alpha value is -0.466. The van der Waals surface area contributed by atoms with Crippen LogP contribution in [0.3, 0.4) is 0 Å². The summed E-state index contributed by atoms with van der Waals surface area (Å²) in [6.07, 6.45) is 16.8. The van der Waals surface area contributed by atoms with E-state index in [0.717, 1.165) is 31.6 Å². The second-order valence-electron chi connectivity index (χ2n) is 19.0. The molecular weight excluding hydrogens is 573 g/mol. The Kier molecular flexibility index (Phi) is 11.7. The average Bonchev–Trinajstić information content (AvgIpc) is 3.20. The molecule has 3 fully saturated rings. The molecule has 3 aliphatic rings. The highest BCUT2D eigenvalue weighted by atomic mass is 28.4. The van der Waals surface area contributed by atoms with Crippen LogP contribution in [0.5, 0.6) is 0 Å². The molecule has 3 aliphatic carbocycles. The van der Waals surface area contributed by atoms with Gasteiger partial charge in [0.1, 0.15) is 0 Å². The minimum absolute atomic E-state index is 0.0290. The molecule has 0 aromatic rings. The van der Waals surface area contributed by atoms with Crippen molar-refractivity contribution in [3.8, 4) is 0 Å². The van der Waals surface area contributed by atoms with Gasteiger partial charge in [0.25, 0.3) is 0 Å². The van der Waals surface area contributed by atoms with Gasteiger partial charge in [0.2, 0.25) is 0 Å². The van der Waals surface area contributed by atoms with Gasteiger partial charge in [-0.2, -0.15) is 0 Å². The number of rotatable bonds is 10. The van der Waals surface area contributed by atoms with Gasteiger partial charge in [-0.1, -0.05) is 92.5 Å². The molecule has 0 amide bonds. The fraction of sp³-hybridized carbons (Fsp3) is 0.846. The van der Waals surface area contributed by atoms with E-state index in [1.54, 1.807) is 5.57 Å². The standard InChI is InChI=1S/C39H72O3Si2/c1-28(18-16-24-38(9,10)40)33-22-23-34-30(19-17-25-39(33,34)11)20-21-31-26-32(41-43(12,13)36(3,4)5)27-35(29(31)2)42-44(14,15)37(6,7)8/h20-21,28,32-35,40H,2,16-19,22-27H2,1,3-15H3/b30-20+,31-21-/t28-,32-,33-,34+,35+,39-/m1/s1. The van der Waals surface area contributed by atoms with E-state index in [1.807, 2.05) is 13.8 Å². The van der Waals surface area contributed by atoms with Gasteiger partial charge < -0.3 is 14.0 Å². The fourth-order valence-corrected chi connectivity index (χ4v) is 10.7. The number of hydrogen-bond acceptors (Lipinski definition) is 3. The molecule has 3 rings (SSSR count). The van der Waals surface area contributed by atoms with E-state index in [1.165, 1.54) is 49.7 Å². The normalized spacial score (nSPS) is 31.9. The zero-order valence-electron chi connectivity index (χ0n) is 31.6. The summed E-state index contributed by atoms with van der Waals surface area (Å²) in [5, 5.41) is 10.6. The van der Waals surface area contributed by atoms with Crippen LogP contribution in [0.1, 0.15) is 133 Å². The Morgan fingerprint density at radius 3 is 2.11 bits per heavy atom. The average molecular weight is 645 g/mol. The van der Waals surface area contributed by atoms with Gasteiger partial charge >= 0.3 is 0 Å². The summed E-state index contributed by atoms with van der Waals surface area (Å²) in [6, 6.07) is 0. The van der Waals surface area contributed by atoms with Gasteiger partial charge in [0.15, 0.2) is 16.6 Å². The van der Waals surface area contributed by atoms with Crippen LogP contribution in [0.2, 0.25) is 36.3 Å². The van der Waals surface area contributed by atoms with Crippen molar-refractivity contribution in [2.75, 3.05) is 0 Å². The van der Waals surface area contributed by atoms with E-state index in [2.05, 4.69) is 100 Å². The molecular formula is C39H72O3Si2. The predicted octanol–water partition coefficient (Wildman–Crippen LogP) is 11.8. The highest BCUT2D eigenvalue weighted by molar-refractivity contribution is 6.74. The highest BCUT2D eigenvalue weighted by Gasteiger charge is 2.50. The first kappa shape index (κ1) is 38.0. The first-order valence-electron chi connectivity index (χ1n) is 18.0. The number of fused-ring (bicyclic) bond motifs is 1. The van der Waals surface area contributed by atoms with Crippen molar-refractivity contribution in [3.05, 3.63) is 35.5 Å². The van der Waals surface area contributed by atoms with Crippen molar-refractivity contribution in [2.45, 2.75) is 188 Å². The quantitative estimate of drug-likeness (QED) is 0.240. The van der Waals surface area contributed by atoms with Crippen molar-refractivity contribution in [2.24, 2.45) is 23.2 Å². The van der Waals surface area contributed by atoms with Crippen molar-refractivity contribution in [3.63, 3.8) is 0 Å². The maximum absolute atomic E-state index is 10.2. The third-order valence-electron chi connectivity index (χ3n) is 12.9. The zero-order chi connectivity index (χ0) is 33.5. The second kappa shape index (κ2) is 13.6. The summed E-state index contributed by atoms with van der Waals surface area (Å²) >= 11 is 0. The summed E-state index contributed by atoms with van der Waals surface area (Å²) in [4.78, 5) is 0. The number of allylic oxidation sites excluding steroid dienone is 3. The van der Waals surface area contributed by atoms with Gasteiger partial charge in [-0.3, -0.25) is 0 Å². The molecule has 1 N–H and O–H groups in total. The van der Waals surface area contributed by atoms with Crippen molar-refractivity contribution < 1.29 is 14.0 Å². The predicted molar refractivity (Wildman–Crippen MR) is 196 cm³/mol. The van der Waals surface area contributed by atoms with Gasteiger partial charge in [-0.15, -0.1) is 0 Å². The van der Waals surface area contributed by atoms with E-state index in [9.17, 15) is 5.11 Å². The Balaban J connectivity index is 1.86. The van der Waals surface area contributed by atoms with Crippen LogP contribution in [-0.4, -0.2) is 39.6 Å². The van der Waals surface area contributed by atoms with Crippen LogP contribution < -0.4 is 0 Å². The van der Waals surface area contributed by atoms with Crippen LogP contribution in [0.15, 0.2) is 35.5 Å². The van der Waals surface area contributed by atoms with Crippen LogP contribution in [0.25, 0.3) is 0 Å². The molecule has 0 aromatic carbocycles. The molecule has 3 saturated carbocycles. The SMILES string of the molecule is C=C1/C(=C\C=C2/CCC[C@]3(C)[C@@H]([C@H](C)CCCC(C)(C)O)CC[C@@H]23)C[C@@H](O[Si](C)(C)C(C)(C)C)C[C@@H]1O[Si](C)(C)C(C)(C)C. The maximum Gasteiger partial charge on any atom is 0.192 e. The van der Waals surface area contributed by atoms with Gasteiger partial charge in [0.05, 0.1) is 17.8 Å². The maximum atomic E-state index is 10.2. The summed E-state index contributed by atoms with van der Waals surface area (Å²) in [7, 11) is -3.89. The van der Waals surface area contributed by atoms with E-state index < -0.39 is 22.2 Å². The van der Waals surface area contributed by atoms with Crippen LogP contribution in [-0.2, 0) is 8.85 Å². The second-order valence-corrected chi connectivity index (χ2v) is 28.6. The Labute approximate surface area is 276 Å². The summed E-state index contributed by atoms with van der Waals surface area (Å²) in [6.45, 7) is 37.2. The molecule has 0 heterocycles.